The standard InChI is InChI=1S/C16H26N2O/c1-3-15-7-4-12(2)18(15)11-13-8-9-19-16(13)10-17-14-5-6-14/h8-9,12,14-15,17H,3-7,10-11H2,1-2H3. The third kappa shape index (κ3) is 3.03. The van der Waals surface area contributed by atoms with Gasteiger partial charge < -0.3 is 9.73 Å². The summed E-state index contributed by atoms with van der Waals surface area (Å²) in [5, 5.41) is 3.55. The Morgan fingerprint density at radius 2 is 2.16 bits per heavy atom. The van der Waals surface area contributed by atoms with Crippen LogP contribution in [0.1, 0.15) is 57.3 Å². The molecule has 2 heterocycles. The monoisotopic (exact) mass is 262 g/mol. The summed E-state index contributed by atoms with van der Waals surface area (Å²) < 4.78 is 5.67. The Morgan fingerprint density at radius 3 is 2.89 bits per heavy atom. The molecule has 106 valence electrons. The molecular weight excluding hydrogens is 236 g/mol. The van der Waals surface area contributed by atoms with E-state index in [0.29, 0.717) is 6.04 Å². The molecule has 2 aliphatic rings. The molecule has 3 heteroatoms. The van der Waals surface area contributed by atoms with Crippen molar-refractivity contribution in [3.63, 3.8) is 0 Å². The van der Waals surface area contributed by atoms with Crippen LogP contribution in [0.4, 0.5) is 0 Å². The van der Waals surface area contributed by atoms with Crippen LogP contribution >= 0.6 is 0 Å². The Morgan fingerprint density at radius 1 is 1.32 bits per heavy atom. The molecule has 0 bridgehead atoms. The minimum atomic E-state index is 0.712. The van der Waals surface area contributed by atoms with Crippen LogP contribution in [-0.4, -0.2) is 23.0 Å². The number of hydrogen-bond donors (Lipinski definition) is 1. The summed E-state index contributed by atoms with van der Waals surface area (Å²) in [7, 11) is 0. The van der Waals surface area contributed by atoms with Crippen molar-refractivity contribution in [2.75, 3.05) is 0 Å². The summed E-state index contributed by atoms with van der Waals surface area (Å²) >= 11 is 0. The molecule has 2 atom stereocenters. The van der Waals surface area contributed by atoms with E-state index >= 15 is 0 Å². The van der Waals surface area contributed by atoms with Gasteiger partial charge in [0.1, 0.15) is 5.76 Å². The van der Waals surface area contributed by atoms with E-state index in [1.165, 1.54) is 37.7 Å². The van der Waals surface area contributed by atoms with Crippen LogP contribution in [0, 0.1) is 0 Å². The molecule has 3 nitrogen and oxygen atoms in total. The van der Waals surface area contributed by atoms with Crippen LogP contribution < -0.4 is 5.32 Å². The van der Waals surface area contributed by atoms with E-state index < -0.39 is 0 Å². The second-order valence-electron chi connectivity index (χ2n) is 6.18. The largest absolute Gasteiger partial charge is 0.468 e. The highest BCUT2D eigenvalue weighted by atomic mass is 16.3. The van der Waals surface area contributed by atoms with E-state index in [4.69, 9.17) is 4.42 Å². The minimum Gasteiger partial charge on any atom is -0.468 e. The van der Waals surface area contributed by atoms with E-state index in [1.807, 2.05) is 6.26 Å². The van der Waals surface area contributed by atoms with Crippen molar-refractivity contribution in [3.8, 4) is 0 Å². The molecule has 0 radical (unpaired) electrons. The Kier molecular flexibility index (Phi) is 3.94. The third-order valence-corrected chi connectivity index (χ3v) is 4.74. The van der Waals surface area contributed by atoms with Gasteiger partial charge in [-0.05, 0) is 45.1 Å². The molecule has 1 aliphatic carbocycles. The maximum Gasteiger partial charge on any atom is 0.122 e. The van der Waals surface area contributed by atoms with Crippen LogP contribution in [0.15, 0.2) is 16.7 Å². The molecule has 2 fully saturated rings. The van der Waals surface area contributed by atoms with Gasteiger partial charge in [-0.1, -0.05) is 6.92 Å². The van der Waals surface area contributed by atoms with Crippen molar-refractivity contribution >= 4 is 0 Å². The molecule has 1 N–H and O–H groups in total. The second kappa shape index (κ2) is 5.68. The number of rotatable bonds is 6. The summed E-state index contributed by atoms with van der Waals surface area (Å²) in [6, 6.07) is 4.37. The Bertz CT molecular complexity index is 411. The van der Waals surface area contributed by atoms with Crippen LogP contribution in [0.2, 0.25) is 0 Å². The summed E-state index contributed by atoms with van der Waals surface area (Å²) in [5.74, 6) is 1.14. The minimum absolute atomic E-state index is 0.712. The number of likely N-dealkylation sites (tertiary alicyclic amines) is 1. The quantitative estimate of drug-likeness (QED) is 0.852. The lowest BCUT2D eigenvalue weighted by molar-refractivity contribution is 0.188. The molecular formula is C16H26N2O. The smallest absolute Gasteiger partial charge is 0.122 e. The van der Waals surface area contributed by atoms with Crippen LogP contribution in [0.25, 0.3) is 0 Å². The van der Waals surface area contributed by atoms with Crippen LogP contribution in [-0.2, 0) is 13.1 Å². The third-order valence-electron chi connectivity index (χ3n) is 4.74. The predicted molar refractivity (Wildman–Crippen MR) is 76.9 cm³/mol. The number of nitrogens with zero attached hydrogens (tertiary/aromatic N) is 1. The molecule has 1 aromatic heterocycles. The van der Waals surface area contributed by atoms with Gasteiger partial charge >= 0.3 is 0 Å². The normalized spacial score (nSPS) is 28.1. The van der Waals surface area contributed by atoms with Crippen LogP contribution in [0.5, 0.6) is 0 Å². The lowest BCUT2D eigenvalue weighted by Gasteiger charge is -2.27. The fraction of sp³-hybridized carbons (Fsp3) is 0.750. The fourth-order valence-electron chi connectivity index (χ4n) is 3.23. The number of hydrogen-bond acceptors (Lipinski definition) is 3. The molecule has 0 amide bonds. The van der Waals surface area contributed by atoms with Gasteiger partial charge in [0, 0.05) is 30.2 Å². The van der Waals surface area contributed by atoms with Gasteiger partial charge in [-0.15, -0.1) is 0 Å². The number of nitrogens with one attached hydrogen (secondary N) is 1. The first kappa shape index (κ1) is 13.2. The van der Waals surface area contributed by atoms with Crippen molar-refractivity contribution in [3.05, 3.63) is 23.7 Å². The van der Waals surface area contributed by atoms with Gasteiger partial charge in [0.25, 0.3) is 0 Å². The van der Waals surface area contributed by atoms with E-state index in [0.717, 1.165) is 30.9 Å². The zero-order chi connectivity index (χ0) is 13.2. The second-order valence-corrected chi connectivity index (χ2v) is 6.18. The van der Waals surface area contributed by atoms with Gasteiger partial charge in [-0.25, -0.2) is 0 Å². The van der Waals surface area contributed by atoms with Crippen molar-refractivity contribution in [2.24, 2.45) is 0 Å². The van der Waals surface area contributed by atoms with Crippen molar-refractivity contribution in [1.82, 2.24) is 10.2 Å². The van der Waals surface area contributed by atoms with Crippen molar-refractivity contribution in [1.29, 1.82) is 0 Å². The van der Waals surface area contributed by atoms with Crippen molar-refractivity contribution in [2.45, 2.75) is 77.2 Å². The molecule has 1 aromatic rings. The Hall–Kier alpha value is -0.800. The average Bonchev–Trinajstić information content (AvgIpc) is 3.04. The molecule has 0 spiro atoms. The van der Waals surface area contributed by atoms with E-state index in [1.54, 1.807) is 0 Å². The summed E-state index contributed by atoms with van der Waals surface area (Å²) in [6.07, 6.45) is 8.46. The molecule has 1 saturated heterocycles. The first-order chi connectivity index (χ1) is 9.28. The predicted octanol–water partition coefficient (Wildman–Crippen LogP) is 3.29. The summed E-state index contributed by atoms with van der Waals surface area (Å²) in [5.41, 5.74) is 1.38. The lowest BCUT2D eigenvalue weighted by atomic mass is 10.1. The van der Waals surface area contributed by atoms with Gasteiger partial charge in [0.15, 0.2) is 0 Å². The first-order valence-electron chi connectivity index (χ1n) is 7.82. The maximum absolute atomic E-state index is 5.67. The van der Waals surface area contributed by atoms with E-state index in [9.17, 15) is 0 Å². The first-order valence-corrected chi connectivity index (χ1v) is 7.82. The highest BCUT2D eigenvalue weighted by Crippen LogP contribution is 2.29. The highest BCUT2D eigenvalue weighted by molar-refractivity contribution is 5.18. The molecule has 2 unspecified atom stereocenters. The molecule has 1 aliphatic heterocycles. The zero-order valence-corrected chi connectivity index (χ0v) is 12.2. The lowest BCUT2D eigenvalue weighted by Crippen LogP contribution is -2.33. The topological polar surface area (TPSA) is 28.4 Å². The summed E-state index contributed by atoms with van der Waals surface area (Å²) in [6.45, 7) is 6.61. The van der Waals surface area contributed by atoms with Gasteiger partial charge in [-0.2, -0.15) is 0 Å². The Labute approximate surface area is 116 Å². The molecule has 1 saturated carbocycles. The molecule has 0 aromatic carbocycles. The van der Waals surface area contributed by atoms with Gasteiger partial charge in [-0.3, -0.25) is 4.90 Å². The SMILES string of the molecule is CCC1CCC(C)N1Cc1ccoc1CNC1CC1. The maximum atomic E-state index is 5.67. The molecule has 19 heavy (non-hydrogen) atoms. The molecule has 3 rings (SSSR count). The van der Waals surface area contributed by atoms with Gasteiger partial charge in [0.2, 0.25) is 0 Å². The Balaban J connectivity index is 1.63. The number of furan rings is 1. The average molecular weight is 262 g/mol. The van der Waals surface area contributed by atoms with Crippen molar-refractivity contribution < 1.29 is 4.42 Å². The highest BCUT2D eigenvalue weighted by Gasteiger charge is 2.30. The summed E-state index contributed by atoms with van der Waals surface area (Å²) in [4.78, 5) is 2.66. The van der Waals surface area contributed by atoms with Crippen LogP contribution in [0.3, 0.4) is 0 Å². The van der Waals surface area contributed by atoms with Gasteiger partial charge in [0.05, 0.1) is 12.8 Å². The fourth-order valence-corrected chi connectivity index (χ4v) is 3.23. The zero-order valence-electron chi connectivity index (χ0n) is 12.2. The van der Waals surface area contributed by atoms with E-state index in [-0.39, 0.29) is 0 Å². The van der Waals surface area contributed by atoms with E-state index in [2.05, 4.69) is 30.1 Å².